The van der Waals surface area contributed by atoms with E-state index in [2.05, 4.69) is 5.32 Å². The third kappa shape index (κ3) is 4.19. The smallest absolute Gasteiger partial charge is 0.251 e. The molecule has 0 aromatic heterocycles. The highest BCUT2D eigenvalue weighted by Gasteiger charge is 2.23. The van der Waals surface area contributed by atoms with Crippen LogP contribution in [-0.2, 0) is 11.2 Å². The van der Waals surface area contributed by atoms with E-state index in [1.165, 1.54) is 0 Å². The van der Waals surface area contributed by atoms with Gasteiger partial charge in [0, 0.05) is 36.8 Å². The summed E-state index contributed by atoms with van der Waals surface area (Å²) in [5.74, 6) is -0.0987. The number of nitrogens with two attached hydrogens (primary N) is 1. The predicted molar refractivity (Wildman–Crippen MR) is 86.0 cm³/mol. The lowest BCUT2D eigenvalue weighted by molar-refractivity contribution is -0.116. The number of nitrogens with zero attached hydrogens (tertiary/aromatic N) is 1. The number of rotatable bonds is 3. The van der Waals surface area contributed by atoms with Crippen molar-refractivity contribution in [3.63, 3.8) is 0 Å². The zero-order valence-corrected chi connectivity index (χ0v) is 13.4. The van der Waals surface area contributed by atoms with Crippen molar-refractivity contribution in [3.05, 3.63) is 29.3 Å². The van der Waals surface area contributed by atoms with Gasteiger partial charge in [-0.25, -0.2) is 0 Å². The van der Waals surface area contributed by atoms with E-state index in [1.807, 2.05) is 26.0 Å². The van der Waals surface area contributed by atoms with Gasteiger partial charge in [-0.2, -0.15) is 0 Å². The monoisotopic (exact) mass is 311 g/mol. The van der Waals surface area contributed by atoms with Crippen LogP contribution in [0.15, 0.2) is 18.2 Å². The van der Waals surface area contributed by atoms with Crippen molar-refractivity contribution in [2.75, 3.05) is 18.0 Å². The zero-order valence-electron chi connectivity index (χ0n) is 12.6. The van der Waals surface area contributed by atoms with Gasteiger partial charge in [-0.1, -0.05) is 0 Å². The standard InChI is InChI=1S/C15H21N3O2.ClH/c1-10(19)18-7-6-11-8-12(4-5-13(11)18)14(20)17-9-15(2,3)16;/h4-5,8H,6-7,9,16H2,1-3H3,(H,17,20);1H. The highest BCUT2D eigenvalue weighted by atomic mass is 35.5. The number of hydrogen-bond acceptors (Lipinski definition) is 3. The molecule has 0 aliphatic carbocycles. The summed E-state index contributed by atoms with van der Waals surface area (Å²) < 4.78 is 0. The van der Waals surface area contributed by atoms with Gasteiger partial charge in [-0.3, -0.25) is 9.59 Å². The molecule has 1 aromatic carbocycles. The first kappa shape index (κ1) is 17.5. The summed E-state index contributed by atoms with van der Waals surface area (Å²) in [6, 6.07) is 5.45. The maximum Gasteiger partial charge on any atom is 0.251 e. The van der Waals surface area contributed by atoms with Crippen LogP contribution in [0.5, 0.6) is 0 Å². The molecular weight excluding hydrogens is 290 g/mol. The summed E-state index contributed by atoms with van der Waals surface area (Å²) >= 11 is 0. The molecule has 0 unspecified atom stereocenters. The van der Waals surface area contributed by atoms with Crippen LogP contribution >= 0.6 is 12.4 Å². The Morgan fingerprint density at radius 1 is 1.38 bits per heavy atom. The molecule has 1 aliphatic heterocycles. The SMILES string of the molecule is CC(=O)N1CCc2cc(C(=O)NCC(C)(C)N)ccc21.Cl. The molecule has 0 bridgehead atoms. The van der Waals surface area contributed by atoms with Crippen LogP contribution in [0.3, 0.4) is 0 Å². The number of carbonyl (C=O) groups is 2. The van der Waals surface area contributed by atoms with Gasteiger partial charge < -0.3 is 16.0 Å². The van der Waals surface area contributed by atoms with Crippen LogP contribution in [0.25, 0.3) is 0 Å². The molecule has 0 atom stereocenters. The van der Waals surface area contributed by atoms with Gasteiger partial charge in [0.1, 0.15) is 0 Å². The number of anilines is 1. The maximum atomic E-state index is 12.1. The highest BCUT2D eigenvalue weighted by Crippen LogP contribution is 2.28. The van der Waals surface area contributed by atoms with E-state index in [0.717, 1.165) is 17.7 Å². The van der Waals surface area contributed by atoms with Crippen LogP contribution in [0, 0.1) is 0 Å². The van der Waals surface area contributed by atoms with Crippen molar-refractivity contribution in [2.24, 2.45) is 5.73 Å². The van der Waals surface area contributed by atoms with E-state index in [0.29, 0.717) is 18.7 Å². The number of carbonyl (C=O) groups excluding carboxylic acids is 2. The molecule has 21 heavy (non-hydrogen) atoms. The van der Waals surface area contributed by atoms with E-state index in [-0.39, 0.29) is 24.2 Å². The fourth-order valence-corrected chi connectivity index (χ4v) is 2.28. The molecule has 0 spiro atoms. The Morgan fingerprint density at radius 2 is 2.05 bits per heavy atom. The van der Waals surface area contributed by atoms with Crippen molar-refractivity contribution in [3.8, 4) is 0 Å². The first-order valence-electron chi connectivity index (χ1n) is 6.76. The number of benzene rings is 1. The highest BCUT2D eigenvalue weighted by molar-refractivity contribution is 5.97. The Kier molecular flexibility index (Phi) is 5.36. The molecule has 2 amide bonds. The van der Waals surface area contributed by atoms with Gasteiger partial charge in [0.15, 0.2) is 0 Å². The molecule has 6 heteroatoms. The third-order valence-electron chi connectivity index (χ3n) is 3.32. The summed E-state index contributed by atoms with van der Waals surface area (Å²) in [6.45, 7) is 6.38. The minimum Gasteiger partial charge on any atom is -0.350 e. The average Bonchev–Trinajstić information content (AvgIpc) is 2.77. The van der Waals surface area contributed by atoms with Gasteiger partial charge in [0.05, 0.1) is 0 Å². The fourth-order valence-electron chi connectivity index (χ4n) is 2.28. The number of nitrogens with one attached hydrogen (secondary N) is 1. The Labute approximate surface area is 131 Å². The fraction of sp³-hybridized carbons (Fsp3) is 0.467. The van der Waals surface area contributed by atoms with Crippen LogP contribution in [0.2, 0.25) is 0 Å². The molecule has 1 heterocycles. The van der Waals surface area contributed by atoms with E-state index < -0.39 is 5.54 Å². The van der Waals surface area contributed by atoms with Gasteiger partial charge in [0.25, 0.3) is 5.91 Å². The number of amides is 2. The molecule has 0 radical (unpaired) electrons. The first-order valence-corrected chi connectivity index (χ1v) is 6.76. The normalized spacial score (nSPS) is 13.4. The molecule has 5 nitrogen and oxygen atoms in total. The summed E-state index contributed by atoms with van der Waals surface area (Å²) in [6.07, 6.45) is 0.790. The predicted octanol–water partition coefficient (Wildman–Crippen LogP) is 1.48. The molecule has 0 saturated heterocycles. The number of halogens is 1. The molecule has 0 saturated carbocycles. The zero-order chi connectivity index (χ0) is 14.9. The van der Waals surface area contributed by atoms with Crippen LogP contribution in [0.1, 0.15) is 36.7 Å². The van der Waals surface area contributed by atoms with Gasteiger partial charge >= 0.3 is 0 Å². The molecule has 1 aromatic rings. The molecule has 0 fully saturated rings. The van der Waals surface area contributed by atoms with E-state index in [9.17, 15) is 9.59 Å². The Morgan fingerprint density at radius 3 is 2.62 bits per heavy atom. The lowest BCUT2D eigenvalue weighted by atomic mass is 10.1. The second kappa shape index (κ2) is 6.45. The van der Waals surface area contributed by atoms with Crippen molar-refractivity contribution >= 4 is 29.9 Å². The second-order valence-corrected chi connectivity index (χ2v) is 5.94. The summed E-state index contributed by atoms with van der Waals surface area (Å²) in [4.78, 5) is 25.3. The molecular formula is C15H22ClN3O2. The second-order valence-electron chi connectivity index (χ2n) is 5.94. The topological polar surface area (TPSA) is 75.4 Å². The van der Waals surface area contributed by atoms with Gasteiger partial charge in [-0.05, 0) is 44.0 Å². The minimum atomic E-state index is -0.433. The van der Waals surface area contributed by atoms with Gasteiger partial charge in [-0.15, -0.1) is 12.4 Å². The Hall–Kier alpha value is -1.59. The molecule has 116 valence electrons. The molecule has 2 rings (SSSR count). The number of fused-ring (bicyclic) bond motifs is 1. The Bertz CT molecular complexity index is 552. The lowest BCUT2D eigenvalue weighted by Crippen LogP contribution is -2.45. The molecule has 3 N–H and O–H groups in total. The maximum absolute atomic E-state index is 12.1. The van der Waals surface area contributed by atoms with E-state index in [4.69, 9.17) is 5.73 Å². The van der Waals surface area contributed by atoms with Crippen molar-refractivity contribution in [1.29, 1.82) is 0 Å². The summed E-state index contributed by atoms with van der Waals surface area (Å²) in [5.41, 5.74) is 7.97. The minimum absolute atomic E-state index is 0. The molecule has 1 aliphatic rings. The van der Waals surface area contributed by atoms with E-state index in [1.54, 1.807) is 17.9 Å². The Balaban J connectivity index is 0.00000220. The third-order valence-corrected chi connectivity index (χ3v) is 3.32. The summed E-state index contributed by atoms with van der Waals surface area (Å²) in [5, 5.41) is 2.82. The van der Waals surface area contributed by atoms with Crippen LogP contribution in [-0.4, -0.2) is 30.4 Å². The number of hydrogen-bond donors (Lipinski definition) is 2. The largest absolute Gasteiger partial charge is 0.350 e. The van der Waals surface area contributed by atoms with Crippen molar-refractivity contribution in [1.82, 2.24) is 5.32 Å². The van der Waals surface area contributed by atoms with Crippen molar-refractivity contribution < 1.29 is 9.59 Å². The van der Waals surface area contributed by atoms with E-state index >= 15 is 0 Å². The summed E-state index contributed by atoms with van der Waals surface area (Å²) in [7, 11) is 0. The van der Waals surface area contributed by atoms with Gasteiger partial charge in [0.2, 0.25) is 5.91 Å². The first-order chi connectivity index (χ1) is 9.28. The van der Waals surface area contributed by atoms with Crippen molar-refractivity contribution in [2.45, 2.75) is 32.7 Å². The van der Waals surface area contributed by atoms with Crippen LogP contribution in [0.4, 0.5) is 5.69 Å². The average molecular weight is 312 g/mol. The lowest BCUT2D eigenvalue weighted by Gasteiger charge is -2.19. The quantitative estimate of drug-likeness (QED) is 0.888. The van der Waals surface area contributed by atoms with Crippen LogP contribution < -0.4 is 16.0 Å².